The van der Waals surface area contributed by atoms with Crippen LogP contribution < -0.4 is 5.32 Å². The first-order chi connectivity index (χ1) is 7.34. The Balaban J connectivity index is 1.67. The number of nitrogens with one attached hydrogen (secondary N) is 1. The Morgan fingerprint density at radius 1 is 1.33 bits per heavy atom. The van der Waals surface area contributed by atoms with E-state index in [2.05, 4.69) is 24.4 Å². The van der Waals surface area contributed by atoms with E-state index in [1.54, 1.807) is 6.26 Å². The van der Waals surface area contributed by atoms with Gasteiger partial charge in [-0.05, 0) is 31.2 Å². The number of thiophene rings is 1. The fourth-order valence-electron chi connectivity index (χ4n) is 1.46. The van der Waals surface area contributed by atoms with Crippen LogP contribution in [-0.4, -0.2) is 6.54 Å². The highest BCUT2D eigenvalue weighted by Gasteiger charge is 1.97. The Hall–Kier alpha value is -1.06. The minimum atomic E-state index is 0.956. The van der Waals surface area contributed by atoms with Gasteiger partial charge in [0.2, 0.25) is 0 Å². The Morgan fingerprint density at radius 2 is 2.27 bits per heavy atom. The molecule has 0 aliphatic carbocycles. The SMILES string of the molecule is Cc1ccc(CNCCc2ccco2)s1. The van der Waals surface area contributed by atoms with Gasteiger partial charge in [0, 0.05) is 29.3 Å². The van der Waals surface area contributed by atoms with E-state index >= 15 is 0 Å². The van der Waals surface area contributed by atoms with E-state index in [0.717, 1.165) is 25.3 Å². The summed E-state index contributed by atoms with van der Waals surface area (Å²) in [6.07, 6.45) is 2.68. The van der Waals surface area contributed by atoms with Crippen LogP contribution in [0.1, 0.15) is 15.5 Å². The molecule has 0 saturated carbocycles. The van der Waals surface area contributed by atoms with E-state index in [9.17, 15) is 0 Å². The van der Waals surface area contributed by atoms with Crippen LogP contribution >= 0.6 is 11.3 Å². The van der Waals surface area contributed by atoms with E-state index in [1.165, 1.54) is 9.75 Å². The molecule has 3 heteroatoms. The third-order valence-electron chi connectivity index (χ3n) is 2.22. The molecule has 1 N–H and O–H groups in total. The van der Waals surface area contributed by atoms with Gasteiger partial charge < -0.3 is 9.73 Å². The molecule has 0 spiro atoms. The van der Waals surface area contributed by atoms with Gasteiger partial charge in [0.1, 0.15) is 5.76 Å². The normalized spacial score (nSPS) is 10.7. The molecule has 2 rings (SSSR count). The van der Waals surface area contributed by atoms with Crippen molar-refractivity contribution in [1.29, 1.82) is 0 Å². The third-order valence-corrected chi connectivity index (χ3v) is 3.22. The molecule has 2 aromatic rings. The van der Waals surface area contributed by atoms with Gasteiger partial charge in [-0.1, -0.05) is 0 Å². The number of rotatable bonds is 5. The van der Waals surface area contributed by atoms with Crippen molar-refractivity contribution in [3.63, 3.8) is 0 Å². The predicted octanol–water partition coefficient (Wildman–Crippen LogP) is 2.98. The van der Waals surface area contributed by atoms with Crippen LogP contribution in [0.2, 0.25) is 0 Å². The second-order valence-electron chi connectivity index (χ2n) is 3.52. The molecule has 0 fully saturated rings. The van der Waals surface area contributed by atoms with Gasteiger partial charge in [0.15, 0.2) is 0 Å². The van der Waals surface area contributed by atoms with Gasteiger partial charge in [0.25, 0.3) is 0 Å². The van der Waals surface area contributed by atoms with E-state index in [-0.39, 0.29) is 0 Å². The van der Waals surface area contributed by atoms with Gasteiger partial charge in [0.05, 0.1) is 6.26 Å². The van der Waals surface area contributed by atoms with Crippen LogP contribution in [0.4, 0.5) is 0 Å². The summed E-state index contributed by atoms with van der Waals surface area (Å²) in [5, 5.41) is 3.40. The first-order valence-electron chi connectivity index (χ1n) is 5.13. The maximum Gasteiger partial charge on any atom is 0.105 e. The highest BCUT2D eigenvalue weighted by Crippen LogP contribution is 2.14. The predicted molar refractivity (Wildman–Crippen MR) is 63.2 cm³/mol. The standard InChI is InChI=1S/C12H15NOS/c1-10-4-5-12(15-10)9-13-7-6-11-3-2-8-14-11/h2-5,8,13H,6-7,9H2,1H3. The molecular formula is C12H15NOS. The summed E-state index contributed by atoms with van der Waals surface area (Å²) in [5.41, 5.74) is 0. The molecule has 0 amide bonds. The molecule has 0 aliphatic rings. The molecule has 0 unspecified atom stereocenters. The zero-order chi connectivity index (χ0) is 10.5. The molecule has 2 aromatic heterocycles. The van der Waals surface area contributed by atoms with Crippen molar-refractivity contribution in [3.8, 4) is 0 Å². The lowest BCUT2D eigenvalue weighted by atomic mass is 10.3. The van der Waals surface area contributed by atoms with Crippen molar-refractivity contribution in [1.82, 2.24) is 5.32 Å². The maximum absolute atomic E-state index is 5.25. The number of hydrogen-bond acceptors (Lipinski definition) is 3. The van der Waals surface area contributed by atoms with Crippen LogP contribution in [0.5, 0.6) is 0 Å². The molecule has 15 heavy (non-hydrogen) atoms. The fourth-order valence-corrected chi connectivity index (χ4v) is 2.32. The molecule has 0 aromatic carbocycles. The van der Waals surface area contributed by atoms with Gasteiger partial charge in [-0.15, -0.1) is 11.3 Å². The monoisotopic (exact) mass is 221 g/mol. The minimum absolute atomic E-state index is 0.956. The van der Waals surface area contributed by atoms with Crippen molar-refractivity contribution in [2.24, 2.45) is 0 Å². The minimum Gasteiger partial charge on any atom is -0.469 e. The molecule has 0 aliphatic heterocycles. The Bertz CT molecular complexity index is 391. The van der Waals surface area contributed by atoms with Gasteiger partial charge in [-0.3, -0.25) is 0 Å². The lowest BCUT2D eigenvalue weighted by Crippen LogP contribution is -2.15. The Kier molecular flexibility index (Phi) is 3.59. The number of furan rings is 1. The van der Waals surface area contributed by atoms with Crippen molar-refractivity contribution in [2.75, 3.05) is 6.54 Å². The summed E-state index contributed by atoms with van der Waals surface area (Å²) >= 11 is 1.85. The average molecular weight is 221 g/mol. The lowest BCUT2D eigenvalue weighted by molar-refractivity contribution is 0.499. The van der Waals surface area contributed by atoms with Gasteiger partial charge in [-0.25, -0.2) is 0 Å². The van der Waals surface area contributed by atoms with E-state index < -0.39 is 0 Å². The van der Waals surface area contributed by atoms with Gasteiger partial charge >= 0.3 is 0 Å². The van der Waals surface area contributed by atoms with Crippen LogP contribution in [0.25, 0.3) is 0 Å². The summed E-state index contributed by atoms with van der Waals surface area (Å²) < 4.78 is 5.25. The van der Waals surface area contributed by atoms with Crippen LogP contribution in [0.3, 0.4) is 0 Å². The van der Waals surface area contributed by atoms with Crippen molar-refractivity contribution in [2.45, 2.75) is 19.9 Å². The average Bonchev–Trinajstić information content (AvgIpc) is 2.84. The van der Waals surface area contributed by atoms with E-state index in [0.29, 0.717) is 0 Å². The summed E-state index contributed by atoms with van der Waals surface area (Å²) in [6, 6.07) is 8.28. The first kappa shape index (κ1) is 10.5. The third kappa shape index (κ3) is 3.22. The Morgan fingerprint density at radius 3 is 2.93 bits per heavy atom. The second kappa shape index (κ2) is 5.14. The molecule has 0 bridgehead atoms. The quantitative estimate of drug-likeness (QED) is 0.785. The first-order valence-corrected chi connectivity index (χ1v) is 5.94. The van der Waals surface area contributed by atoms with Gasteiger partial charge in [-0.2, -0.15) is 0 Å². The topological polar surface area (TPSA) is 25.2 Å². The smallest absolute Gasteiger partial charge is 0.105 e. The summed E-state index contributed by atoms with van der Waals surface area (Å²) in [7, 11) is 0. The van der Waals surface area contributed by atoms with Crippen molar-refractivity contribution >= 4 is 11.3 Å². The van der Waals surface area contributed by atoms with E-state index in [1.807, 2.05) is 23.5 Å². The Labute approximate surface area is 93.9 Å². The summed E-state index contributed by atoms with van der Waals surface area (Å²) in [5.74, 6) is 1.05. The second-order valence-corrected chi connectivity index (χ2v) is 4.89. The molecule has 80 valence electrons. The number of aryl methyl sites for hydroxylation is 1. The molecule has 2 nitrogen and oxygen atoms in total. The summed E-state index contributed by atoms with van der Waals surface area (Å²) in [4.78, 5) is 2.77. The van der Waals surface area contributed by atoms with Crippen LogP contribution in [0.15, 0.2) is 34.9 Å². The molecular weight excluding hydrogens is 206 g/mol. The zero-order valence-corrected chi connectivity index (χ0v) is 9.64. The van der Waals surface area contributed by atoms with Crippen molar-refractivity contribution < 1.29 is 4.42 Å². The lowest BCUT2D eigenvalue weighted by Gasteiger charge is -2.00. The summed E-state index contributed by atoms with van der Waals surface area (Å²) in [6.45, 7) is 4.06. The fraction of sp³-hybridized carbons (Fsp3) is 0.333. The highest BCUT2D eigenvalue weighted by atomic mass is 32.1. The van der Waals surface area contributed by atoms with Crippen molar-refractivity contribution in [3.05, 3.63) is 46.0 Å². The van der Waals surface area contributed by atoms with Crippen LogP contribution in [0, 0.1) is 6.92 Å². The zero-order valence-electron chi connectivity index (χ0n) is 8.82. The van der Waals surface area contributed by atoms with Crippen LogP contribution in [-0.2, 0) is 13.0 Å². The number of hydrogen-bond donors (Lipinski definition) is 1. The maximum atomic E-state index is 5.25. The largest absolute Gasteiger partial charge is 0.469 e. The van der Waals surface area contributed by atoms with E-state index in [4.69, 9.17) is 4.42 Å². The molecule has 2 heterocycles. The molecule has 0 atom stereocenters. The molecule has 0 saturated heterocycles. The highest BCUT2D eigenvalue weighted by molar-refractivity contribution is 7.11. The molecule has 0 radical (unpaired) electrons.